The van der Waals surface area contributed by atoms with Crippen LogP contribution in [0, 0.1) is 5.92 Å². The van der Waals surface area contributed by atoms with E-state index in [9.17, 15) is 9.59 Å². The van der Waals surface area contributed by atoms with Crippen LogP contribution >= 0.6 is 0 Å². The number of hydrogen-bond donors (Lipinski definition) is 0. The summed E-state index contributed by atoms with van der Waals surface area (Å²) in [4.78, 5) is 24.3. The van der Waals surface area contributed by atoms with E-state index >= 15 is 0 Å². The second-order valence-electron chi connectivity index (χ2n) is 4.88. The van der Waals surface area contributed by atoms with Crippen LogP contribution in [0.5, 0.6) is 11.5 Å². The summed E-state index contributed by atoms with van der Waals surface area (Å²) in [5.74, 6) is -1.52. The maximum absolute atomic E-state index is 12.2. The molecule has 6 heteroatoms. The fourth-order valence-electron chi connectivity index (χ4n) is 2.30. The minimum Gasteiger partial charge on any atom is -0.493 e. The lowest BCUT2D eigenvalue weighted by atomic mass is 9.87. The van der Waals surface area contributed by atoms with Crippen molar-refractivity contribution in [2.45, 2.75) is 26.7 Å². The van der Waals surface area contributed by atoms with Crippen molar-refractivity contribution in [3.05, 3.63) is 23.8 Å². The third-order valence-electron chi connectivity index (χ3n) is 3.51. The lowest BCUT2D eigenvalue weighted by molar-refractivity contribution is -0.162. The first-order valence-corrected chi connectivity index (χ1v) is 7.55. The highest BCUT2D eigenvalue weighted by molar-refractivity contribution is 5.96. The third kappa shape index (κ3) is 4.61. The largest absolute Gasteiger partial charge is 0.493 e. The average Bonchev–Trinajstić information content (AvgIpc) is 2.54. The Hall–Kier alpha value is -2.24. The molecule has 0 fully saturated rings. The first-order valence-electron chi connectivity index (χ1n) is 7.55. The van der Waals surface area contributed by atoms with Crippen molar-refractivity contribution in [3.63, 3.8) is 0 Å². The molecule has 0 aliphatic rings. The average molecular weight is 324 g/mol. The third-order valence-corrected chi connectivity index (χ3v) is 3.51. The zero-order chi connectivity index (χ0) is 17.4. The van der Waals surface area contributed by atoms with Gasteiger partial charge < -0.3 is 18.9 Å². The number of hydrogen-bond acceptors (Lipinski definition) is 6. The maximum atomic E-state index is 12.2. The topological polar surface area (TPSA) is 71.1 Å². The molecule has 0 amide bonds. The number of esters is 2. The van der Waals surface area contributed by atoms with Crippen molar-refractivity contribution in [2.24, 2.45) is 5.92 Å². The van der Waals surface area contributed by atoms with E-state index in [0.717, 1.165) is 5.56 Å². The SMILES string of the molecule is CCOC(=O)C(C(=O)OCC)C(C)c1ccc(OC)c(OC)c1. The van der Waals surface area contributed by atoms with Gasteiger partial charge in [-0.25, -0.2) is 0 Å². The first kappa shape index (κ1) is 18.8. The Bertz CT molecular complexity index is 522. The normalized spacial score (nSPS) is 11.7. The van der Waals surface area contributed by atoms with Crippen molar-refractivity contribution in [3.8, 4) is 11.5 Å². The lowest BCUT2D eigenvalue weighted by Gasteiger charge is -2.22. The summed E-state index contributed by atoms with van der Waals surface area (Å²) in [5, 5.41) is 0. The summed E-state index contributed by atoms with van der Waals surface area (Å²) in [6, 6.07) is 5.27. The molecule has 0 radical (unpaired) electrons. The van der Waals surface area contributed by atoms with Gasteiger partial charge in [-0.05, 0) is 31.5 Å². The van der Waals surface area contributed by atoms with Gasteiger partial charge in [-0.15, -0.1) is 0 Å². The number of carbonyl (C=O) groups excluding carboxylic acids is 2. The Kier molecular flexibility index (Phi) is 7.38. The molecule has 0 aromatic heterocycles. The molecule has 0 spiro atoms. The molecule has 1 atom stereocenters. The summed E-state index contributed by atoms with van der Waals surface area (Å²) >= 11 is 0. The molecule has 0 heterocycles. The van der Waals surface area contributed by atoms with E-state index in [2.05, 4.69) is 0 Å². The van der Waals surface area contributed by atoms with E-state index in [0.29, 0.717) is 11.5 Å². The van der Waals surface area contributed by atoms with Crippen molar-refractivity contribution in [2.75, 3.05) is 27.4 Å². The number of benzene rings is 1. The second-order valence-corrected chi connectivity index (χ2v) is 4.88. The number of carbonyl (C=O) groups is 2. The molecule has 1 rings (SSSR count). The van der Waals surface area contributed by atoms with Crippen LogP contribution in [0.3, 0.4) is 0 Å². The number of methoxy groups -OCH3 is 2. The fourth-order valence-corrected chi connectivity index (χ4v) is 2.30. The molecule has 6 nitrogen and oxygen atoms in total. The Morgan fingerprint density at radius 1 is 0.957 bits per heavy atom. The molecule has 0 saturated carbocycles. The standard InChI is InChI=1S/C17H24O6/c1-6-22-16(18)15(17(19)23-7-2)11(3)12-8-9-13(20-4)14(10-12)21-5/h8-11,15H,6-7H2,1-5H3. The molecule has 23 heavy (non-hydrogen) atoms. The molecule has 0 aliphatic heterocycles. The summed E-state index contributed by atoms with van der Waals surface area (Å²) in [6.07, 6.45) is 0. The van der Waals surface area contributed by atoms with E-state index in [1.165, 1.54) is 7.11 Å². The van der Waals surface area contributed by atoms with Crippen molar-refractivity contribution in [1.29, 1.82) is 0 Å². The van der Waals surface area contributed by atoms with Crippen molar-refractivity contribution >= 4 is 11.9 Å². The van der Waals surface area contributed by atoms with Gasteiger partial charge in [0.1, 0.15) is 0 Å². The number of rotatable bonds is 8. The quantitative estimate of drug-likeness (QED) is 0.540. The molecule has 0 saturated heterocycles. The highest BCUT2D eigenvalue weighted by Gasteiger charge is 2.36. The Balaban J connectivity index is 3.15. The Labute approximate surface area is 136 Å². The van der Waals surface area contributed by atoms with Crippen LogP contribution in [0.15, 0.2) is 18.2 Å². The van der Waals surface area contributed by atoms with Crippen LogP contribution < -0.4 is 9.47 Å². The monoisotopic (exact) mass is 324 g/mol. The zero-order valence-electron chi connectivity index (χ0n) is 14.3. The van der Waals surface area contributed by atoms with Crippen LogP contribution in [0.25, 0.3) is 0 Å². The molecule has 0 aliphatic carbocycles. The molecular weight excluding hydrogens is 300 g/mol. The van der Waals surface area contributed by atoms with Gasteiger partial charge in [0, 0.05) is 5.92 Å². The van der Waals surface area contributed by atoms with Crippen LogP contribution in [0.4, 0.5) is 0 Å². The highest BCUT2D eigenvalue weighted by Crippen LogP contribution is 2.34. The molecule has 128 valence electrons. The van der Waals surface area contributed by atoms with Crippen LogP contribution in [0.2, 0.25) is 0 Å². The minimum atomic E-state index is -1.02. The molecule has 1 aromatic rings. The smallest absolute Gasteiger partial charge is 0.320 e. The van der Waals surface area contributed by atoms with Crippen molar-refractivity contribution < 1.29 is 28.5 Å². The van der Waals surface area contributed by atoms with Crippen LogP contribution in [-0.2, 0) is 19.1 Å². The lowest BCUT2D eigenvalue weighted by Crippen LogP contribution is -2.32. The van der Waals surface area contributed by atoms with Gasteiger partial charge in [0.05, 0.1) is 27.4 Å². The molecule has 0 bridgehead atoms. The van der Waals surface area contributed by atoms with E-state index in [4.69, 9.17) is 18.9 Å². The van der Waals surface area contributed by atoms with Crippen LogP contribution in [-0.4, -0.2) is 39.4 Å². The molecule has 1 unspecified atom stereocenters. The predicted octanol–water partition coefficient (Wildman–Crippen LogP) is 2.55. The van der Waals surface area contributed by atoms with Gasteiger partial charge in [-0.3, -0.25) is 9.59 Å². The van der Waals surface area contributed by atoms with E-state index in [1.807, 2.05) is 0 Å². The van der Waals surface area contributed by atoms with Gasteiger partial charge >= 0.3 is 11.9 Å². The van der Waals surface area contributed by atoms with Gasteiger partial charge in [-0.2, -0.15) is 0 Å². The van der Waals surface area contributed by atoms with E-state index in [1.54, 1.807) is 46.1 Å². The van der Waals surface area contributed by atoms with Gasteiger partial charge in [0.15, 0.2) is 17.4 Å². The summed E-state index contributed by atoms with van der Waals surface area (Å²) < 4.78 is 20.5. The summed E-state index contributed by atoms with van der Waals surface area (Å²) in [7, 11) is 3.07. The predicted molar refractivity (Wildman–Crippen MR) is 84.7 cm³/mol. The van der Waals surface area contributed by atoms with Crippen molar-refractivity contribution in [1.82, 2.24) is 0 Å². The zero-order valence-corrected chi connectivity index (χ0v) is 14.3. The Morgan fingerprint density at radius 3 is 1.91 bits per heavy atom. The molecule has 0 N–H and O–H groups in total. The highest BCUT2D eigenvalue weighted by atomic mass is 16.6. The Morgan fingerprint density at radius 2 is 1.48 bits per heavy atom. The molecular formula is C17H24O6. The summed E-state index contributed by atoms with van der Waals surface area (Å²) in [5.41, 5.74) is 0.758. The van der Waals surface area contributed by atoms with Gasteiger partial charge in [0.2, 0.25) is 0 Å². The van der Waals surface area contributed by atoms with Crippen LogP contribution in [0.1, 0.15) is 32.3 Å². The minimum absolute atomic E-state index is 0.202. The van der Waals surface area contributed by atoms with Gasteiger partial charge in [-0.1, -0.05) is 13.0 Å². The fraction of sp³-hybridized carbons (Fsp3) is 0.529. The maximum Gasteiger partial charge on any atom is 0.320 e. The summed E-state index contributed by atoms with van der Waals surface area (Å²) in [6.45, 7) is 5.57. The first-order chi connectivity index (χ1) is 11.0. The van der Waals surface area contributed by atoms with Gasteiger partial charge in [0.25, 0.3) is 0 Å². The second kappa shape index (κ2) is 9.02. The number of ether oxygens (including phenoxy) is 4. The van der Waals surface area contributed by atoms with E-state index in [-0.39, 0.29) is 13.2 Å². The molecule has 1 aromatic carbocycles. The van der Waals surface area contributed by atoms with E-state index < -0.39 is 23.8 Å².